The summed E-state index contributed by atoms with van der Waals surface area (Å²) in [5, 5.41) is 0. The summed E-state index contributed by atoms with van der Waals surface area (Å²) in [5.74, 6) is 0.366. The van der Waals surface area contributed by atoms with Crippen LogP contribution in [0.1, 0.15) is 30.5 Å². The van der Waals surface area contributed by atoms with Gasteiger partial charge in [0, 0.05) is 5.56 Å². The lowest BCUT2D eigenvalue weighted by atomic mass is 10.0. The van der Waals surface area contributed by atoms with Crippen LogP contribution in [-0.4, -0.2) is 6.11 Å². The smallest absolute Gasteiger partial charge is 0.402 e. The fourth-order valence-corrected chi connectivity index (χ4v) is 1.60. The number of benzene rings is 1. The van der Waals surface area contributed by atoms with E-state index < -0.39 is 6.11 Å². The first-order valence-corrected chi connectivity index (χ1v) is 5.15. The SMILES string of the molecule is CC.Cc1ccc(C)c2c1CC(F)(F)O2. The highest BCUT2D eigenvalue weighted by atomic mass is 19.3. The quantitative estimate of drug-likeness (QED) is 0.637. The van der Waals surface area contributed by atoms with Crippen molar-refractivity contribution in [3.63, 3.8) is 0 Å². The van der Waals surface area contributed by atoms with Gasteiger partial charge in [0.1, 0.15) is 5.75 Å². The van der Waals surface area contributed by atoms with Crippen molar-refractivity contribution in [1.82, 2.24) is 0 Å². The van der Waals surface area contributed by atoms with Crippen LogP contribution < -0.4 is 4.74 Å². The van der Waals surface area contributed by atoms with Crippen molar-refractivity contribution in [1.29, 1.82) is 0 Å². The maximum Gasteiger partial charge on any atom is 0.402 e. The van der Waals surface area contributed by atoms with Crippen LogP contribution in [0.3, 0.4) is 0 Å². The Labute approximate surface area is 89.1 Å². The summed E-state index contributed by atoms with van der Waals surface area (Å²) in [6.45, 7) is 7.60. The van der Waals surface area contributed by atoms with Gasteiger partial charge in [-0.1, -0.05) is 26.0 Å². The van der Waals surface area contributed by atoms with E-state index in [9.17, 15) is 8.78 Å². The Morgan fingerprint density at radius 1 is 1.13 bits per heavy atom. The van der Waals surface area contributed by atoms with Crippen molar-refractivity contribution in [2.75, 3.05) is 0 Å². The summed E-state index contributed by atoms with van der Waals surface area (Å²) in [5.41, 5.74) is 2.29. The molecule has 1 aliphatic rings. The minimum Gasteiger partial charge on any atom is -0.432 e. The third-order valence-electron chi connectivity index (χ3n) is 2.33. The molecule has 0 aliphatic carbocycles. The van der Waals surface area contributed by atoms with Gasteiger partial charge < -0.3 is 4.74 Å². The van der Waals surface area contributed by atoms with Crippen molar-refractivity contribution >= 4 is 0 Å². The predicted molar refractivity (Wildman–Crippen MR) is 56.5 cm³/mol. The van der Waals surface area contributed by atoms with Crippen LogP contribution in [0.5, 0.6) is 5.75 Å². The number of halogens is 2. The molecule has 0 bridgehead atoms. The summed E-state index contributed by atoms with van der Waals surface area (Å²) in [6.07, 6.45) is -3.31. The molecule has 0 atom stereocenters. The van der Waals surface area contributed by atoms with Crippen LogP contribution >= 0.6 is 0 Å². The fourth-order valence-electron chi connectivity index (χ4n) is 1.60. The van der Waals surface area contributed by atoms with E-state index in [0.717, 1.165) is 11.1 Å². The zero-order valence-electron chi connectivity index (χ0n) is 9.53. The molecule has 84 valence electrons. The number of aryl methyl sites for hydroxylation is 2. The van der Waals surface area contributed by atoms with E-state index in [0.29, 0.717) is 11.3 Å². The monoisotopic (exact) mass is 214 g/mol. The maximum absolute atomic E-state index is 12.9. The topological polar surface area (TPSA) is 9.23 Å². The van der Waals surface area contributed by atoms with Crippen molar-refractivity contribution in [2.45, 2.75) is 40.2 Å². The lowest BCUT2D eigenvalue weighted by Gasteiger charge is -2.08. The van der Waals surface area contributed by atoms with E-state index >= 15 is 0 Å². The van der Waals surface area contributed by atoms with Gasteiger partial charge in [-0.05, 0) is 25.0 Å². The molecule has 0 spiro atoms. The number of fused-ring (bicyclic) bond motifs is 1. The summed E-state index contributed by atoms with van der Waals surface area (Å²) < 4.78 is 30.3. The Morgan fingerprint density at radius 2 is 1.67 bits per heavy atom. The van der Waals surface area contributed by atoms with Crippen molar-refractivity contribution < 1.29 is 13.5 Å². The van der Waals surface area contributed by atoms with Crippen LogP contribution in [0.2, 0.25) is 0 Å². The second-order valence-electron chi connectivity index (χ2n) is 3.42. The molecule has 1 nitrogen and oxygen atoms in total. The second kappa shape index (κ2) is 4.17. The van der Waals surface area contributed by atoms with Gasteiger partial charge in [0.2, 0.25) is 0 Å². The minimum atomic E-state index is -3.01. The first-order valence-electron chi connectivity index (χ1n) is 5.15. The Bertz CT molecular complexity index is 326. The van der Waals surface area contributed by atoms with Crippen LogP contribution in [0.4, 0.5) is 8.78 Å². The Morgan fingerprint density at radius 3 is 2.20 bits per heavy atom. The standard InChI is InChI=1S/C10H10F2O.C2H6/c1-6-3-4-7(2)9-8(6)5-10(11,12)13-9;1-2/h3-4H,5H2,1-2H3;1-2H3. The molecule has 15 heavy (non-hydrogen) atoms. The Balaban J connectivity index is 0.000000531. The third kappa shape index (κ3) is 2.28. The lowest BCUT2D eigenvalue weighted by Crippen LogP contribution is -2.20. The number of ether oxygens (including phenoxy) is 1. The number of rotatable bonds is 0. The summed E-state index contributed by atoms with van der Waals surface area (Å²) in [7, 11) is 0. The average molecular weight is 214 g/mol. The van der Waals surface area contributed by atoms with E-state index in [1.54, 1.807) is 13.0 Å². The third-order valence-corrected chi connectivity index (χ3v) is 2.33. The van der Waals surface area contributed by atoms with E-state index in [1.165, 1.54) is 0 Å². The molecule has 1 aromatic carbocycles. The largest absolute Gasteiger partial charge is 0.432 e. The Kier molecular flexibility index (Phi) is 3.32. The molecule has 0 saturated carbocycles. The number of hydrogen-bond donors (Lipinski definition) is 0. The molecule has 1 heterocycles. The first-order chi connectivity index (χ1) is 6.99. The van der Waals surface area contributed by atoms with Gasteiger partial charge in [-0.2, -0.15) is 8.78 Å². The molecular formula is C12H16F2O. The zero-order chi connectivity index (χ0) is 11.6. The highest BCUT2D eigenvalue weighted by Crippen LogP contribution is 2.40. The molecule has 0 aromatic heterocycles. The first kappa shape index (κ1) is 12.0. The summed E-state index contributed by atoms with van der Waals surface area (Å²) in [6, 6.07) is 3.65. The van der Waals surface area contributed by atoms with Crippen molar-refractivity contribution in [3.05, 3.63) is 28.8 Å². The average Bonchev–Trinajstić information content (AvgIpc) is 2.52. The van der Waals surface area contributed by atoms with Crippen molar-refractivity contribution in [2.24, 2.45) is 0 Å². The molecule has 1 aliphatic heterocycles. The maximum atomic E-state index is 12.9. The molecule has 0 fully saturated rings. The molecule has 0 radical (unpaired) electrons. The van der Waals surface area contributed by atoms with Gasteiger partial charge >= 0.3 is 6.11 Å². The van der Waals surface area contributed by atoms with Gasteiger partial charge in [0.25, 0.3) is 0 Å². The second-order valence-corrected chi connectivity index (χ2v) is 3.42. The predicted octanol–water partition coefficient (Wildman–Crippen LogP) is 3.86. The molecule has 0 unspecified atom stereocenters. The molecule has 0 saturated heterocycles. The molecule has 2 rings (SSSR count). The van der Waals surface area contributed by atoms with E-state index in [4.69, 9.17) is 0 Å². The molecule has 0 N–H and O–H groups in total. The molecule has 3 heteroatoms. The fraction of sp³-hybridized carbons (Fsp3) is 0.500. The van der Waals surface area contributed by atoms with Crippen LogP contribution in [0.15, 0.2) is 12.1 Å². The van der Waals surface area contributed by atoms with Gasteiger partial charge in [0.15, 0.2) is 0 Å². The minimum absolute atomic E-state index is 0.296. The number of hydrogen-bond acceptors (Lipinski definition) is 1. The van der Waals surface area contributed by atoms with Crippen molar-refractivity contribution in [3.8, 4) is 5.75 Å². The van der Waals surface area contributed by atoms with Gasteiger partial charge in [-0.25, -0.2) is 0 Å². The molecular weight excluding hydrogens is 198 g/mol. The summed E-state index contributed by atoms with van der Waals surface area (Å²) >= 11 is 0. The molecule has 1 aromatic rings. The van der Waals surface area contributed by atoms with Gasteiger partial charge in [0.05, 0.1) is 6.42 Å². The zero-order valence-corrected chi connectivity index (χ0v) is 9.53. The Hall–Kier alpha value is -1.12. The summed E-state index contributed by atoms with van der Waals surface area (Å²) in [4.78, 5) is 0. The van der Waals surface area contributed by atoms with Gasteiger partial charge in [-0.3, -0.25) is 0 Å². The van der Waals surface area contributed by atoms with Crippen LogP contribution in [-0.2, 0) is 6.42 Å². The number of alkyl halides is 2. The lowest BCUT2D eigenvalue weighted by molar-refractivity contribution is -0.159. The highest BCUT2D eigenvalue weighted by Gasteiger charge is 2.41. The van der Waals surface area contributed by atoms with Crippen LogP contribution in [0, 0.1) is 13.8 Å². The van der Waals surface area contributed by atoms with E-state index in [1.807, 2.05) is 26.8 Å². The van der Waals surface area contributed by atoms with Gasteiger partial charge in [-0.15, -0.1) is 0 Å². The van der Waals surface area contributed by atoms with E-state index in [-0.39, 0.29) is 6.42 Å². The highest BCUT2D eigenvalue weighted by molar-refractivity contribution is 5.48. The van der Waals surface area contributed by atoms with E-state index in [2.05, 4.69) is 4.74 Å². The normalized spacial score (nSPS) is 16.1. The molecule has 0 amide bonds. The van der Waals surface area contributed by atoms with Crippen LogP contribution in [0.25, 0.3) is 0 Å².